The Labute approximate surface area is 144 Å². The van der Waals surface area contributed by atoms with Crippen molar-refractivity contribution in [2.75, 3.05) is 6.54 Å². The third-order valence-electron chi connectivity index (χ3n) is 3.59. The van der Waals surface area contributed by atoms with Gasteiger partial charge in [0.15, 0.2) is 0 Å². The summed E-state index contributed by atoms with van der Waals surface area (Å²) >= 11 is 0. The quantitative estimate of drug-likeness (QED) is 0.782. The van der Waals surface area contributed by atoms with Gasteiger partial charge in [-0.15, -0.1) is 5.10 Å². The summed E-state index contributed by atoms with van der Waals surface area (Å²) < 4.78 is 7.31. The highest BCUT2D eigenvalue weighted by molar-refractivity contribution is 6.74. The van der Waals surface area contributed by atoms with Gasteiger partial charge in [0.25, 0.3) is 0 Å². The summed E-state index contributed by atoms with van der Waals surface area (Å²) in [5, 5.41) is 8.40. The van der Waals surface area contributed by atoms with E-state index in [1.165, 1.54) is 0 Å². The number of rotatable bonds is 3. The van der Waals surface area contributed by atoms with Crippen molar-refractivity contribution in [3.8, 4) is 0 Å². The highest BCUT2D eigenvalue weighted by Gasteiger charge is 2.36. The van der Waals surface area contributed by atoms with Gasteiger partial charge in [0.1, 0.15) is 17.1 Å². The molecule has 0 aromatic carbocycles. The van der Waals surface area contributed by atoms with Crippen molar-refractivity contribution in [1.82, 2.24) is 19.9 Å². The summed E-state index contributed by atoms with van der Waals surface area (Å²) in [6.07, 6.45) is 2.94. The topological polar surface area (TPSA) is 77.3 Å². The SMILES string of the molecule is CC(C)(C)OC(=O)N1CCC(=O)C[C@H]1c1cn(C[Si](C)(C)C)nn1. The Morgan fingerprint density at radius 2 is 2.04 bits per heavy atom. The van der Waals surface area contributed by atoms with E-state index in [1.54, 1.807) is 4.90 Å². The zero-order valence-corrected chi connectivity index (χ0v) is 16.5. The van der Waals surface area contributed by atoms with E-state index in [-0.39, 0.29) is 12.2 Å². The van der Waals surface area contributed by atoms with Gasteiger partial charge in [-0.25, -0.2) is 4.79 Å². The van der Waals surface area contributed by atoms with Crippen molar-refractivity contribution in [2.24, 2.45) is 0 Å². The summed E-state index contributed by atoms with van der Waals surface area (Å²) in [5.41, 5.74) is 0.0885. The van der Waals surface area contributed by atoms with Crippen LogP contribution >= 0.6 is 0 Å². The lowest BCUT2D eigenvalue weighted by Crippen LogP contribution is -2.44. The van der Waals surface area contributed by atoms with Crippen LogP contribution in [0.4, 0.5) is 4.79 Å². The second-order valence-corrected chi connectivity index (χ2v) is 14.0. The zero-order valence-electron chi connectivity index (χ0n) is 15.5. The Morgan fingerprint density at radius 1 is 1.38 bits per heavy atom. The van der Waals surface area contributed by atoms with Crippen molar-refractivity contribution >= 4 is 20.0 Å². The molecule has 1 amide bonds. The number of piperidine rings is 1. The number of carbonyl (C=O) groups is 2. The van der Waals surface area contributed by atoms with E-state index < -0.39 is 25.8 Å². The van der Waals surface area contributed by atoms with Crippen LogP contribution in [0.1, 0.15) is 45.3 Å². The normalized spacial score (nSPS) is 19.5. The molecule has 0 bridgehead atoms. The average molecular weight is 353 g/mol. The van der Waals surface area contributed by atoms with Crippen molar-refractivity contribution in [3.63, 3.8) is 0 Å². The Hall–Kier alpha value is -1.70. The number of amides is 1. The molecule has 1 fully saturated rings. The highest BCUT2D eigenvalue weighted by Crippen LogP contribution is 2.29. The molecule has 0 unspecified atom stereocenters. The molecule has 0 spiro atoms. The molecule has 1 atom stereocenters. The summed E-state index contributed by atoms with van der Waals surface area (Å²) in [6.45, 7) is 12.6. The van der Waals surface area contributed by atoms with Crippen LogP contribution in [0.2, 0.25) is 19.6 Å². The van der Waals surface area contributed by atoms with Crippen LogP contribution in [0.25, 0.3) is 0 Å². The van der Waals surface area contributed by atoms with Gasteiger partial charge in [-0.3, -0.25) is 14.4 Å². The molecule has 2 rings (SSSR count). The standard InChI is InChI=1S/C16H28N4O3Si/c1-16(2,3)23-15(22)20-8-7-12(21)9-14(20)13-10-19(18-17-13)11-24(4,5)6/h10,14H,7-9,11H2,1-6H3/t14-/m0/s1. The van der Waals surface area contributed by atoms with Gasteiger partial charge in [0.2, 0.25) is 0 Å². The zero-order chi connectivity index (χ0) is 18.1. The number of Topliss-reactive ketones (excluding diaryl/α,β-unsaturated/α-hetero) is 1. The molecule has 0 N–H and O–H groups in total. The van der Waals surface area contributed by atoms with Crippen LogP contribution in [0, 0.1) is 0 Å². The maximum absolute atomic E-state index is 12.5. The Bertz CT molecular complexity index is 616. The highest BCUT2D eigenvalue weighted by atomic mass is 28.3. The Kier molecular flexibility index (Phi) is 5.17. The first-order valence-corrected chi connectivity index (χ1v) is 12.1. The van der Waals surface area contributed by atoms with Gasteiger partial charge in [0.05, 0.1) is 20.3 Å². The fourth-order valence-corrected chi connectivity index (χ4v) is 3.79. The van der Waals surface area contributed by atoms with Crippen molar-refractivity contribution in [1.29, 1.82) is 0 Å². The molecule has 0 radical (unpaired) electrons. The minimum absolute atomic E-state index is 0.138. The van der Waals surface area contributed by atoms with E-state index in [2.05, 4.69) is 30.0 Å². The minimum atomic E-state index is -1.33. The summed E-state index contributed by atoms with van der Waals surface area (Å²) in [6, 6.07) is -0.392. The van der Waals surface area contributed by atoms with Crippen LogP contribution in [0.15, 0.2) is 6.20 Å². The molecule has 7 nitrogen and oxygen atoms in total. The maximum atomic E-state index is 12.5. The fourth-order valence-electron chi connectivity index (χ4n) is 2.66. The third kappa shape index (κ3) is 5.15. The van der Waals surface area contributed by atoms with E-state index in [1.807, 2.05) is 31.6 Å². The molecule has 2 heterocycles. The van der Waals surface area contributed by atoms with E-state index >= 15 is 0 Å². The number of nitrogens with zero attached hydrogens (tertiary/aromatic N) is 4. The number of carbonyl (C=O) groups excluding carboxylic acids is 2. The van der Waals surface area contributed by atoms with Crippen LogP contribution in [-0.4, -0.2) is 52.0 Å². The van der Waals surface area contributed by atoms with Crippen LogP contribution in [0.3, 0.4) is 0 Å². The average Bonchev–Trinajstić information content (AvgIpc) is 2.82. The molecule has 24 heavy (non-hydrogen) atoms. The fraction of sp³-hybridized carbons (Fsp3) is 0.750. The number of hydrogen-bond acceptors (Lipinski definition) is 5. The lowest BCUT2D eigenvalue weighted by molar-refractivity contribution is -0.123. The number of ether oxygens (including phenoxy) is 1. The van der Waals surface area contributed by atoms with Crippen molar-refractivity contribution < 1.29 is 14.3 Å². The van der Waals surface area contributed by atoms with Crippen molar-refractivity contribution in [3.05, 3.63) is 11.9 Å². The molecule has 8 heteroatoms. The predicted molar refractivity (Wildman–Crippen MR) is 93.3 cm³/mol. The third-order valence-corrected chi connectivity index (χ3v) is 4.86. The molecular weight excluding hydrogens is 324 g/mol. The lowest BCUT2D eigenvalue weighted by Gasteiger charge is -2.35. The number of hydrogen-bond donors (Lipinski definition) is 0. The summed E-state index contributed by atoms with van der Waals surface area (Å²) in [4.78, 5) is 26.0. The summed E-state index contributed by atoms with van der Waals surface area (Å²) in [7, 11) is -1.33. The van der Waals surface area contributed by atoms with Crippen LogP contribution in [-0.2, 0) is 15.7 Å². The predicted octanol–water partition coefficient (Wildman–Crippen LogP) is 2.80. The summed E-state index contributed by atoms with van der Waals surface area (Å²) in [5.74, 6) is 0.138. The monoisotopic (exact) mass is 352 g/mol. The number of aromatic nitrogens is 3. The first-order chi connectivity index (χ1) is 10.9. The van der Waals surface area contributed by atoms with Gasteiger partial charge < -0.3 is 4.74 Å². The number of likely N-dealkylation sites (tertiary alicyclic amines) is 1. The lowest BCUT2D eigenvalue weighted by atomic mass is 9.99. The second-order valence-electron chi connectivity index (χ2n) is 8.58. The smallest absolute Gasteiger partial charge is 0.410 e. The molecule has 1 aliphatic rings. The molecule has 1 aromatic rings. The molecule has 0 saturated carbocycles. The van der Waals surface area contributed by atoms with Gasteiger partial charge >= 0.3 is 6.09 Å². The maximum Gasteiger partial charge on any atom is 0.410 e. The minimum Gasteiger partial charge on any atom is -0.444 e. The Morgan fingerprint density at radius 3 is 2.62 bits per heavy atom. The second kappa shape index (κ2) is 6.66. The van der Waals surface area contributed by atoms with E-state index in [9.17, 15) is 9.59 Å². The molecular formula is C16H28N4O3Si. The van der Waals surface area contributed by atoms with Crippen LogP contribution in [0.5, 0.6) is 0 Å². The Balaban J connectivity index is 2.20. The van der Waals surface area contributed by atoms with E-state index in [4.69, 9.17) is 4.74 Å². The van der Waals surface area contributed by atoms with Crippen molar-refractivity contribution in [2.45, 2.75) is 71.1 Å². The molecule has 1 saturated heterocycles. The molecule has 1 aliphatic heterocycles. The van der Waals surface area contributed by atoms with Gasteiger partial charge in [-0.1, -0.05) is 24.9 Å². The van der Waals surface area contributed by atoms with Gasteiger partial charge in [-0.2, -0.15) is 0 Å². The van der Waals surface area contributed by atoms with E-state index in [0.717, 1.165) is 6.17 Å². The molecule has 0 aliphatic carbocycles. The van der Waals surface area contributed by atoms with Crippen LogP contribution < -0.4 is 0 Å². The first kappa shape index (κ1) is 18.6. The molecule has 134 valence electrons. The number of ketones is 1. The largest absolute Gasteiger partial charge is 0.444 e. The van der Waals surface area contributed by atoms with Gasteiger partial charge in [0, 0.05) is 25.6 Å². The van der Waals surface area contributed by atoms with Gasteiger partial charge in [-0.05, 0) is 20.8 Å². The first-order valence-electron chi connectivity index (χ1n) is 8.36. The van der Waals surface area contributed by atoms with E-state index in [0.29, 0.717) is 18.7 Å². The molecule has 1 aromatic heterocycles.